The largest absolute Gasteiger partial charge is 0.368 e. The number of rotatable bonds is 0. The molecule has 0 bridgehead atoms. The number of hydrogen-bond donors (Lipinski definition) is 0. The van der Waals surface area contributed by atoms with Gasteiger partial charge < -0.3 is 4.74 Å². The lowest BCUT2D eigenvalue weighted by atomic mass is 9.94. The summed E-state index contributed by atoms with van der Waals surface area (Å²) < 4.78 is 9.84. The second-order valence-corrected chi connectivity index (χ2v) is 7.61. The van der Waals surface area contributed by atoms with Crippen molar-refractivity contribution in [3.05, 3.63) is 70.9 Å². The van der Waals surface area contributed by atoms with Gasteiger partial charge in [0.1, 0.15) is 27.3 Å². The smallest absolute Gasteiger partial charge is 0.200 e. The Hall–Kier alpha value is -2.26. The molecule has 3 rings (SSSR count). The fraction of sp³-hybridized carbons (Fsp3) is 0.417. The second kappa shape index (κ2) is 9.09. The van der Waals surface area contributed by atoms with E-state index in [1.165, 1.54) is 33.7 Å². The van der Waals surface area contributed by atoms with Gasteiger partial charge in [-0.3, -0.25) is 0 Å². The van der Waals surface area contributed by atoms with E-state index in [1.807, 2.05) is 0 Å². The summed E-state index contributed by atoms with van der Waals surface area (Å²) in [6.07, 6.45) is 8.77. The first-order valence-electron chi connectivity index (χ1n) is 9.57. The van der Waals surface area contributed by atoms with E-state index in [9.17, 15) is 0 Å². The Morgan fingerprint density at radius 1 is 0.778 bits per heavy atom. The zero-order valence-electron chi connectivity index (χ0n) is 17.9. The SMILES string of the molecule is C=C1C(C)=CC(=[N+](C)C)C=C1C.C=C1C(C)=CC(=[N+]2CCOCC2)C=C1C. The first-order valence-corrected chi connectivity index (χ1v) is 9.57. The molecule has 144 valence electrons. The normalized spacial score (nSPS) is 20.3. The number of allylic oxidation sites excluding steroid dienone is 10. The van der Waals surface area contributed by atoms with Crippen LogP contribution >= 0.6 is 0 Å². The molecule has 2 aliphatic carbocycles. The van der Waals surface area contributed by atoms with E-state index in [0.717, 1.165) is 37.4 Å². The van der Waals surface area contributed by atoms with Crippen LogP contribution in [0.15, 0.2) is 70.9 Å². The Kier molecular flexibility index (Phi) is 7.09. The van der Waals surface area contributed by atoms with Crippen molar-refractivity contribution in [3.63, 3.8) is 0 Å². The molecule has 0 aromatic rings. The van der Waals surface area contributed by atoms with E-state index in [-0.39, 0.29) is 0 Å². The van der Waals surface area contributed by atoms with E-state index in [4.69, 9.17) is 4.74 Å². The Bertz CT molecular complexity index is 782. The van der Waals surface area contributed by atoms with Crippen LogP contribution in [-0.4, -0.2) is 61.0 Å². The summed E-state index contributed by atoms with van der Waals surface area (Å²) in [5, 5.41) is 0. The van der Waals surface area contributed by atoms with Crippen molar-refractivity contribution in [1.82, 2.24) is 0 Å². The van der Waals surface area contributed by atoms with Gasteiger partial charge in [-0.25, -0.2) is 9.15 Å². The molecule has 0 radical (unpaired) electrons. The minimum atomic E-state index is 0.838. The van der Waals surface area contributed by atoms with Crippen molar-refractivity contribution in [1.29, 1.82) is 0 Å². The molecular formula is C24H34N2O+2. The van der Waals surface area contributed by atoms with Crippen molar-refractivity contribution in [3.8, 4) is 0 Å². The molecule has 0 saturated carbocycles. The van der Waals surface area contributed by atoms with Gasteiger partial charge in [0.15, 0.2) is 18.8 Å². The van der Waals surface area contributed by atoms with Gasteiger partial charge in [0.25, 0.3) is 0 Å². The van der Waals surface area contributed by atoms with Crippen LogP contribution in [0.4, 0.5) is 0 Å². The Balaban J connectivity index is 0.000000199. The van der Waals surface area contributed by atoms with Crippen LogP contribution in [0.2, 0.25) is 0 Å². The van der Waals surface area contributed by atoms with Crippen LogP contribution in [0.25, 0.3) is 0 Å². The molecule has 3 heteroatoms. The van der Waals surface area contributed by atoms with Gasteiger partial charge in [-0.05, 0) is 61.1 Å². The molecule has 0 unspecified atom stereocenters. The first kappa shape index (κ1) is 21.0. The highest BCUT2D eigenvalue weighted by Gasteiger charge is 2.19. The highest BCUT2D eigenvalue weighted by atomic mass is 16.5. The maximum absolute atomic E-state index is 5.35. The zero-order chi connectivity index (χ0) is 20.1. The van der Waals surface area contributed by atoms with Crippen molar-refractivity contribution in [2.75, 3.05) is 40.4 Å². The molecule has 1 saturated heterocycles. The van der Waals surface area contributed by atoms with E-state index < -0.39 is 0 Å². The van der Waals surface area contributed by atoms with Gasteiger partial charge in [0.2, 0.25) is 5.71 Å². The number of ether oxygens (including phenoxy) is 1. The summed E-state index contributed by atoms with van der Waals surface area (Å²) >= 11 is 0. The van der Waals surface area contributed by atoms with E-state index in [0.29, 0.717) is 0 Å². The van der Waals surface area contributed by atoms with E-state index in [2.05, 4.69) is 88.4 Å². The van der Waals surface area contributed by atoms with Gasteiger partial charge in [-0.15, -0.1) is 0 Å². The third-order valence-corrected chi connectivity index (χ3v) is 5.25. The summed E-state index contributed by atoms with van der Waals surface area (Å²) in [5.74, 6) is 0. The van der Waals surface area contributed by atoms with Crippen LogP contribution in [0, 0.1) is 0 Å². The molecule has 0 aromatic heterocycles. The molecule has 27 heavy (non-hydrogen) atoms. The van der Waals surface area contributed by atoms with Gasteiger partial charge >= 0.3 is 0 Å². The quantitative estimate of drug-likeness (QED) is 0.589. The monoisotopic (exact) mass is 366 g/mol. The minimum Gasteiger partial charge on any atom is -0.368 e. The van der Waals surface area contributed by atoms with Crippen LogP contribution in [0.5, 0.6) is 0 Å². The molecule has 1 fully saturated rings. The molecule has 0 aromatic carbocycles. The molecular weight excluding hydrogens is 332 g/mol. The standard InChI is InChI=1S/C13H18NO.C11H16N/c1-10-8-13(9-11(2)12(10)3)14-4-6-15-7-5-14;1-8-6-11(12(4)5)7-9(2)10(8)3/h8-9H,3-7H2,1-2H3;6-7H,3H2,1-2,4-5H3/q2*+1. The summed E-state index contributed by atoms with van der Waals surface area (Å²) in [5.41, 5.74) is 9.94. The van der Waals surface area contributed by atoms with Crippen molar-refractivity contribution in [2.24, 2.45) is 0 Å². The zero-order valence-corrected chi connectivity index (χ0v) is 17.9. The van der Waals surface area contributed by atoms with Crippen LogP contribution in [-0.2, 0) is 4.74 Å². The predicted molar refractivity (Wildman–Crippen MR) is 116 cm³/mol. The molecule has 3 aliphatic rings. The number of nitrogens with zero attached hydrogens (tertiary/aromatic N) is 2. The number of morpholine rings is 1. The van der Waals surface area contributed by atoms with Gasteiger partial charge in [-0.2, -0.15) is 0 Å². The molecule has 0 atom stereocenters. The van der Waals surface area contributed by atoms with E-state index in [1.54, 1.807) is 0 Å². The van der Waals surface area contributed by atoms with Gasteiger partial charge in [0, 0.05) is 24.3 Å². The van der Waals surface area contributed by atoms with Crippen molar-refractivity contribution in [2.45, 2.75) is 27.7 Å². The average molecular weight is 367 g/mol. The van der Waals surface area contributed by atoms with Gasteiger partial charge in [0.05, 0.1) is 0 Å². The summed E-state index contributed by atoms with van der Waals surface area (Å²) in [6.45, 7) is 20.2. The third kappa shape index (κ3) is 5.36. The van der Waals surface area contributed by atoms with Crippen molar-refractivity contribution < 1.29 is 13.9 Å². The Morgan fingerprint density at radius 3 is 1.59 bits per heavy atom. The van der Waals surface area contributed by atoms with Crippen LogP contribution < -0.4 is 0 Å². The number of hydrogen-bond acceptors (Lipinski definition) is 1. The van der Waals surface area contributed by atoms with Gasteiger partial charge in [-0.1, -0.05) is 13.2 Å². The lowest BCUT2D eigenvalue weighted by Gasteiger charge is -2.16. The highest BCUT2D eigenvalue weighted by molar-refractivity contribution is 6.04. The molecule has 3 nitrogen and oxygen atoms in total. The van der Waals surface area contributed by atoms with Crippen molar-refractivity contribution >= 4 is 11.4 Å². The molecule has 1 heterocycles. The average Bonchev–Trinajstić information content (AvgIpc) is 2.64. The Labute approximate surface area is 164 Å². The topological polar surface area (TPSA) is 15.2 Å². The molecule has 0 amide bonds. The lowest BCUT2D eigenvalue weighted by Crippen LogP contribution is -2.32. The van der Waals surface area contributed by atoms with Crippen LogP contribution in [0.3, 0.4) is 0 Å². The molecule has 1 aliphatic heterocycles. The summed E-state index contributed by atoms with van der Waals surface area (Å²) in [6, 6.07) is 0. The van der Waals surface area contributed by atoms with Crippen LogP contribution in [0.1, 0.15) is 27.7 Å². The lowest BCUT2D eigenvalue weighted by molar-refractivity contribution is -0.547. The third-order valence-electron chi connectivity index (χ3n) is 5.25. The van der Waals surface area contributed by atoms with E-state index >= 15 is 0 Å². The Morgan fingerprint density at radius 2 is 1.19 bits per heavy atom. The fourth-order valence-corrected chi connectivity index (χ4v) is 3.20. The fourth-order valence-electron chi connectivity index (χ4n) is 3.20. The molecule has 0 spiro atoms. The maximum atomic E-state index is 5.35. The highest BCUT2D eigenvalue weighted by Crippen LogP contribution is 2.22. The second-order valence-electron chi connectivity index (χ2n) is 7.61. The predicted octanol–water partition coefficient (Wildman–Crippen LogP) is 4.09. The summed E-state index contributed by atoms with van der Waals surface area (Å²) in [4.78, 5) is 0. The maximum Gasteiger partial charge on any atom is 0.200 e. The summed E-state index contributed by atoms with van der Waals surface area (Å²) in [7, 11) is 4.11. The first-order chi connectivity index (χ1) is 12.7. The molecule has 0 N–H and O–H groups in total. The minimum absolute atomic E-state index is 0.838.